The van der Waals surface area contributed by atoms with Gasteiger partial charge in [0.15, 0.2) is 0 Å². The van der Waals surface area contributed by atoms with Crippen LogP contribution in [-0.2, 0) is 16.6 Å². The van der Waals surface area contributed by atoms with Crippen LogP contribution >= 0.6 is 0 Å². The van der Waals surface area contributed by atoms with Crippen LogP contribution in [0, 0.1) is 12.8 Å². The first-order chi connectivity index (χ1) is 12.9. The number of sulfonamides is 1. The number of carbonyl (C=O) groups is 1. The summed E-state index contributed by atoms with van der Waals surface area (Å²) in [5.74, 6) is 0.878. The van der Waals surface area contributed by atoms with Crippen LogP contribution in [0.1, 0.15) is 34.3 Å². The molecule has 1 aliphatic carbocycles. The Bertz CT molecular complexity index is 937. The van der Waals surface area contributed by atoms with Gasteiger partial charge in [-0.1, -0.05) is 18.2 Å². The van der Waals surface area contributed by atoms with E-state index in [9.17, 15) is 13.2 Å². The van der Waals surface area contributed by atoms with Crippen molar-refractivity contribution in [1.29, 1.82) is 0 Å². The van der Waals surface area contributed by atoms with Crippen LogP contribution in [0.2, 0.25) is 0 Å². The van der Waals surface area contributed by atoms with E-state index in [1.807, 2.05) is 25.1 Å². The number of nitrogens with one attached hydrogen (secondary N) is 2. The van der Waals surface area contributed by atoms with Gasteiger partial charge in [-0.15, -0.1) is 0 Å². The number of methoxy groups -OCH3 is 1. The average Bonchev–Trinajstić information content (AvgIpc) is 3.50. The number of hydrogen-bond donors (Lipinski definition) is 2. The summed E-state index contributed by atoms with van der Waals surface area (Å²) in [6.45, 7) is 2.73. The van der Waals surface area contributed by atoms with E-state index in [1.165, 1.54) is 12.1 Å². The van der Waals surface area contributed by atoms with E-state index in [2.05, 4.69) is 10.0 Å². The predicted octanol–water partition coefficient (Wildman–Crippen LogP) is 2.62. The molecule has 1 amide bonds. The van der Waals surface area contributed by atoms with Crippen LogP contribution in [0.25, 0.3) is 0 Å². The van der Waals surface area contributed by atoms with E-state index < -0.39 is 10.0 Å². The van der Waals surface area contributed by atoms with Gasteiger partial charge in [0.2, 0.25) is 10.0 Å². The first kappa shape index (κ1) is 19.4. The number of rotatable bonds is 8. The van der Waals surface area contributed by atoms with Gasteiger partial charge in [0.1, 0.15) is 5.75 Å². The lowest BCUT2D eigenvalue weighted by Crippen LogP contribution is -2.27. The molecule has 1 fully saturated rings. The molecule has 1 saturated carbocycles. The monoisotopic (exact) mass is 388 g/mol. The molecule has 7 heteroatoms. The van der Waals surface area contributed by atoms with E-state index in [-0.39, 0.29) is 10.8 Å². The fraction of sp³-hybridized carbons (Fsp3) is 0.350. The minimum absolute atomic E-state index is 0.104. The van der Waals surface area contributed by atoms with Crippen LogP contribution in [0.15, 0.2) is 47.4 Å². The largest absolute Gasteiger partial charge is 0.496 e. The van der Waals surface area contributed by atoms with E-state index >= 15 is 0 Å². The highest BCUT2D eigenvalue weighted by Gasteiger charge is 2.24. The van der Waals surface area contributed by atoms with Crippen molar-refractivity contribution in [2.75, 3.05) is 13.7 Å². The lowest BCUT2D eigenvalue weighted by molar-refractivity contribution is 0.0950. The normalized spacial score (nSPS) is 14.0. The van der Waals surface area contributed by atoms with Gasteiger partial charge >= 0.3 is 0 Å². The van der Waals surface area contributed by atoms with Crippen molar-refractivity contribution >= 4 is 15.9 Å². The Kier molecular flexibility index (Phi) is 5.82. The van der Waals surface area contributed by atoms with Crippen LogP contribution in [0.3, 0.4) is 0 Å². The molecule has 0 aromatic heterocycles. The maximum absolute atomic E-state index is 12.4. The topological polar surface area (TPSA) is 84.5 Å². The van der Waals surface area contributed by atoms with Crippen LogP contribution in [-0.4, -0.2) is 28.0 Å². The number of amides is 1. The highest BCUT2D eigenvalue weighted by molar-refractivity contribution is 7.89. The summed E-state index contributed by atoms with van der Waals surface area (Å²) >= 11 is 0. The molecule has 0 unspecified atom stereocenters. The van der Waals surface area contributed by atoms with Crippen molar-refractivity contribution in [1.82, 2.24) is 10.0 Å². The molecule has 2 aromatic carbocycles. The molecule has 2 N–H and O–H groups in total. The van der Waals surface area contributed by atoms with Crippen molar-refractivity contribution in [2.24, 2.45) is 5.92 Å². The van der Waals surface area contributed by atoms with Gasteiger partial charge < -0.3 is 10.1 Å². The molecular formula is C20H24N2O4S. The van der Waals surface area contributed by atoms with Crippen LogP contribution in [0.4, 0.5) is 0 Å². The Morgan fingerprint density at radius 2 is 1.96 bits per heavy atom. The highest BCUT2D eigenvalue weighted by atomic mass is 32.2. The minimum atomic E-state index is -3.60. The Hall–Kier alpha value is -2.38. The average molecular weight is 388 g/mol. The summed E-state index contributed by atoms with van der Waals surface area (Å²) in [5.41, 5.74) is 2.23. The second kappa shape index (κ2) is 8.10. The number of hydrogen-bond acceptors (Lipinski definition) is 4. The fourth-order valence-corrected chi connectivity index (χ4v) is 3.86. The van der Waals surface area contributed by atoms with E-state index in [0.29, 0.717) is 24.6 Å². The smallest absolute Gasteiger partial charge is 0.251 e. The summed E-state index contributed by atoms with van der Waals surface area (Å²) < 4.78 is 32.6. The van der Waals surface area contributed by atoms with E-state index in [1.54, 1.807) is 19.2 Å². The third-order valence-electron chi connectivity index (χ3n) is 4.59. The van der Waals surface area contributed by atoms with Crippen LogP contribution < -0.4 is 14.8 Å². The molecule has 0 bridgehead atoms. The Labute approximate surface area is 160 Å². The van der Waals surface area contributed by atoms with Crippen LogP contribution in [0.5, 0.6) is 5.75 Å². The van der Waals surface area contributed by atoms with Crippen molar-refractivity contribution < 1.29 is 17.9 Å². The summed E-state index contributed by atoms with van der Waals surface area (Å²) in [6, 6.07) is 11.8. The van der Waals surface area contributed by atoms with Gasteiger partial charge in [0.25, 0.3) is 5.91 Å². The van der Waals surface area contributed by atoms with Gasteiger partial charge in [-0.05, 0) is 61.1 Å². The Balaban J connectivity index is 1.66. The van der Waals surface area contributed by atoms with Gasteiger partial charge in [-0.2, -0.15) is 0 Å². The van der Waals surface area contributed by atoms with Gasteiger partial charge in [0, 0.05) is 18.7 Å². The molecule has 6 nitrogen and oxygen atoms in total. The molecule has 0 atom stereocenters. The SMILES string of the molecule is COc1cc(CNC(=O)c2cccc(S(=O)(=O)NCC3CC3)c2)ccc1C. The van der Waals surface area contributed by atoms with Crippen molar-refractivity contribution in [3.8, 4) is 5.75 Å². The standard InChI is InChI=1S/C20H24N2O4S/c1-14-6-7-16(10-19(14)26-2)12-21-20(23)17-4-3-5-18(11-17)27(24,25)22-13-15-8-9-15/h3-7,10-11,15,22H,8-9,12-13H2,1-2H3,(H,21,23). The number of aryl methyl sites for hydroxylation is 1. The molecule has 144 valence electrons. The zero-order chi connectivity index (χ0) is 19.4. The highest BCUT2D eigenvalue weighted by Crippen LogP contribution is 2.28. The van der Waals surface area contributed by atoms with Gasteiger partial charge in [-0.3, -0.25) is 4.79 Å². The molecule has 0 heterocycles. The summed E-state index contributed by atoms with van der Waals surface area (Å²) in [6.07, 6.45) is 2.13. The van der Waals surface area contributed by atoms with Gasteiger partial charge in [-0.25, -0.2) is 13.1 Å². The van der Waals surface area contributed by atoms with E-state index in [0.717, 1.165) is 29.7 Å². The molecule has 3 rings (SSSR count). The van der Waals surface area contributed by atoms with Crippen molar-refractivity contribution in [2.45, 2.75) is 31.2 Å². The number of carbonyl (C=O) groups excluding carboxylic acids is 1. The number of benzene rings is 2. The molecule has 1 aliphatic rings. The minimum Gasteiger partial charge on any atom is -0.496 e. The molecule has 0 saturated heterocycles. The predicted molar refractivity (Wildman–Crippen MR) is 103 cm³/mol. The Morgan fingerprint density at radius 3 is 2.67 bits per heavy atom. The molecule has 0 radical (unpaired) electrons. The summed E-state index contributed by atoms with van der Waals surface area (Å²) in [4.78, 5) is 12.5. The first-order valence-corrected chi connectivity index (χ1v) is 10.4. The van der Waals surface area contributed by atoms with E-state index in [4.69, 9.17) is 4.74 Å². The third kappa shape index (κ3) is 5.08. The molecular weight excluding hydrogens is 364 g/mol. The van der Waals surface area contributed by atoms with Crippen molar-refractivity contribution in [3.05, 3.63) is 59.2 Å². The summed E-state index contributed by atoms with van der Waals surface area (Å²) in [5, 5.41) is 2.82. The zero-order valence-corrected chi connectivity index (χ0v) is 16.3. The zero-order valence-electron chi connectivity index (χ0n) is 15.5. The lowest BCUT2D eigenvalue weighted by Gasteiger charge is -2.10. The first-order valence-electron chi connectivity index (χ1n) is 8.90. The maximum atomic E-state index is 12.4. The maximum Gasteiger partial charge on any atom is 0.251 e. The molecule has 0 spiro atoms. The quantitative estimate of drug-likeness (QED) is 0.728. The Morgan fingerprint density at radius 1 is 1.19 bits per heavy atom. The summed E-state index contributed by atoms with van der Waals surface area (Å²) in [7, 11) is -1.99. The molecule has 2 aromatic rings. The lowest BCUT2D eigenvalue weighted by atomic mass is 10.1. The third-order valence-corrected chi connectivity index (χ3v) is 6.01. The van der Waals surface area contributed by atoms with Crippen molar-refractivity contribution in [3.63, 3.8) is 0 Å². The molecule has 0 aliphatic heterocycles. The van der Waals surface area contributed by atoms with Gasteiger partial charge in [0.05, 0.1) is 12.0 Å². The molecule has 27 heavy (non-hydrogen) atoms. The fourth-order valence-electron chi connectivity index (χ4n) is 2.70. The second-order valence-corrected chi connectivity index (χ2v) is 8.58. The number of ether oxygens (including phenoxy) is 1. The second-order valence-electron chi connectivity index (χ2n) is 6.81.